The molecule has 16 heavy (non-hydrogen) atoms. The molecule has 0 unspecified atom stereocenters. The fraction of sp³-hybridized carbons (Fsp3) is 0.455. The number of hydrogen-bond acceptors (Lipinski definition) is 2. The minimum Gasteiger partial charge on any atom is -0.506 e. The summed E-state index contributed by atoms with van der Waals surface area (Å²) >= 11 is 5.58. The van der Waals surface area contributed by atoms with E-state index in [1.807, 2.05) is 13.8 Å². The van der Waals surface area contributed by atoms with Gasteiger partial charge in [0.25, 0.3) is 0 Å². The summed E-state index contributed by atoms with van der Waals surface area (Å²) in [6, 6.07) is 2.38. The molecule has 0 spiro atoms. The van der Waals surface area contributed by atoms with E-state index in [1.165, 1.54) is 12.1 Å². The van der Waals surface area contributed by atoms with Gasteiger partial charge in [-0.1, -0.05) is 31.5 Å². The van der Waals surface area contributed by atoms with Crippen LogP contribution >= 0.6 is 24.0 Å². The highest BCUT2D eigenvalue weighted by molar-refractivity contribution is 6.32. The van der Waals surface area contributed by atoms with Crippen molar-refractivity contribution >= 4 is 24.0 Å². The fourth-order valence-electron chi connectivity index (χ4n) is 1.49. The Morgan fingerprint density at radius 1 is 1.44 bits per heavy atom. The van der Waals surface area contributed by atoms with E-state index in [-0.39, 0.29) is 29.2 Å². The molecule has 0 saturated heterocycles. The molecular formula is C11H16Cl2FNO. The molecule has 0 aliphatic rings. The van der Waals surface area contributed by atoms with Crippen molar-refractivity contribution in [1.82, 2.24) is 0 Å². The van der Waals surface area contributed by atoms with Crippen LogP contribution in [-0.4, -0.2) is 5.11 Å². The molecular weight excluding hydrogens is 252 g/mol. The standard InChI is InChI=1S/C11H15ClFNO.ClH/c1-6(2)5-9(14)7-3-4-8(13)10(12)11(7)15;/h3-4,6,9,15H,5,14H2,1-2H3;1H/t9-;/m0./s1. The molecule has 5 heteroatoms. The van der Waals surface area contributed by atoms with Crippen molar-refractivity contribution < 1.29 is 9.50 Å². The van der Waals surface area contributed by atoms with Crippen LogP contribution in [0.1, 0.15) is 31.9 Å². The molecule has 0 amide bonds. The molecule has 0 aliphatic carbocycles. The molecule has 1 aromatic carbocycles. The largest absolute Gasteiger partial charge is 0.506 e. The summed E-state index contributed by atoms with van der Waals surface area (Å²) in [6.45, 7) is 4.06. The Labute approximate surface area is 106 Å². The van der Waals surface area contributed by atoms with Crippen LogP contribution in [0.15, 0.2) is 12.1 Å². The molecule has 0 saturated carbocycles. The van der Waals surface area contributed by atoms with E-state index in [1.54, 1.807) is 0 Å². The number of phenols is 1. The SMILES string of the molecule is CC(C)C[C@H](N)c1ccc(F)c(Cl)c1O.Cl. The Bertz CT molecular complexity index is 358. The van der Waals surface area contributed by atoms with Gasteiger partial charge in [0, 0.05) is 11.6 Å². The first-order chi connectivity index (χ1) is 6.93. The van der Waals surface area contributed by atoms with Crippen molar-refractivity contribution in [3.63, 3.8) is 0 Å². The molecule has 0 fully saturated rings. The summed E-state index contributed by atoms with van der Waals surface area (Å²) in [5.74, 6) is -0.470. The van der Waals surface area contributed by atoms with Crippen LogP contribution in [0, 0.1) is 11.7 Å². The molecule has 0 radical (unpaired) electrons. The van der Waals surface area contributed by atoms with Crippen molar-refractivity contribution in [2.75, 3.05) is 0 Å². The number of phenolic OH excluding ortho intramolecular Hbond substituents is 1. The molecule has 2 nitrogen and oxygen atoms in total. The highest BCUT2D eigenvalue weighted by Crippen LogP contribution is 2.34. The molecule has 92 valence electrons. The minimum absolute atomic E-state index is 0. The number of rotatable bonds is 3. The van der Waals surface area contributed by atoms with Crippen molar-refractivity contribution in [3.8, 4) is 5.75 Å². The van der Waals surface area contributed by atoms with Crippen LogP contribution in [0.2, 0.25) is 5.02 Å². The first-order valence-electron chi connectivity index (χ1n) is 4.86. The fourth-order valence-corrected chi connectivity index (χ4v) is 1.66. The Kier molecular flexibility index (Phi) is 6.08. The first kappa shape index (κ1) is 15.5. The number of aromatic hydroxyl groups is 1. The monoisotopic (exact) mass is 267 g/mol. The lowest BCUT2D eigenvalue weighted by atomic mass is 9.97. The zero-order valence-corrected chi connectivity index (χ0v) is 10.8. The van der Waals surface area contributed by atoms with Crippen LogP contribution in [0.25, 0.3) is 0 Å². The second-order valence-corrected chi connectivity index (χ2v) is 4.41. The van der Waals surface area contributed by atoms with Gasteiger partial charge in [0.2, 0.25) is 0 Å². The first-order valence-corrected chi connectivity index (χ1v) is 5.23. The van der Waals surface area contributed by atoms with Gasteiger partial charge in [-0.3, -0.25) is 0 Å². The quantitative estimate of drug-likeness (QED) is 0.878. The van der Waals surface area contributed by atoms with Crippen LogP contribution in [0.3, 0.4) is 0 Å². The molecule has 0 aromatic heterocycles. The lowest BCUT2D eigenvalue weighted by Gasteiger charge is -2.16. The zero-order chi connectivity index (χ0) is 11.6. The summed E-state index contributed by atoms with van der Waals surface area (Å²) in [7, 11) is 0. The Balaban J connectivity index is 0.00000225. The molecule has 0 heterocycles. The molecule has 0 bridgehead atoms. The zero-order valence-electron chi connectivity index (χ0n) is 9.21. The Morgan fingerprint density at radius 3 is 2.50 bits per heavy atom. The van der Waals surface area contributed by atoms with Gasteiger partial charge in [-0.15, -0.1) is 12.4 Å². The van der Waals surface area contributed by atoms with Gasteiger partial charge >= 0.3 is 0 Å². The average molecular weight is 268 g/mol. The van der Waals surface area contributed by atoms with E-state index in [9.17, 15) is 9.50 Å². The van der Waals surface area contributed by atoms with Gasteiger partial charge in [0.05, 0.1) is 0 Å². The second kappa shape index (κ2) is 6.28. The van der Waals surface area contributed by atoms with Gasteiger partial charge < -0.3 is 10.8 Å². The van der Waals surface area contributed by atoms with Gasteiger partial charge in [-0.25, -0.2) is 4.39 Å². The van der Waals surface area contributed by atoms with E-state index in [2.05, 4.69) is 0 Å². The van der Waals surface area contributed by atoms with E-state index in [0.29, 0.717) is 11.5 Å². The lowest BCUT2D eigenvalue weighted by Crippen LogP contribution is -2.13. The number of nitrogens with two attached hydrogens (primary N) is 1. The van der Waals surface area contributed by atoms with Gasteiger partial charge in [-0.05, 0) is 18.4 Å². The number of hydrogen-bond donors (Lipinski definition) is 2. The predicted octanol–water partition coefficient (Wildman–Crippen LogP) is 3.65. The van der Waals surface area contributed by atoms with E-state index in [0.717, 1.165) is 6.42 Å². The van der Waals surface area contributed by atoms with Crippen LogP contribution in [-0.2, 0) is 0 Å². The summed E-state index contributed by atoms with van der Waals surface area (Å²) in [6.07, 6.45) is 0.718. The predicted molar refractivity (Wildman–Crippen MR) is 66.7 cm³/mol. The maximum Gasteiger partial charge on any atom is 0.145 e. The molecule has 1 atom stereocenters. The van der Waals surface area contributed by atoms with Crippen LogP contribution in [0.5, 0.6) is 5.75 Å². The molecule has 1 aromatic rings. The third-order valence-corrected chi connectivity index (χ3v) is 2.58. The van der Waals surface area contributed by atoms with E-state index >= 15 is 0 Å². The third-order valence-electron chi connectivity index (χ3n) is 2.23. The summed E-state index contributed by atoms with van der Waals surface area (Å²) in [5.41, 5.74) is 6.37. The smallest absolute Gasteiger partial charge is 0.145 e. The molecule has 0 aliphatic heterocycles. The van der Waals surface area contributed by atoms with Crippen molar-refractivity contribution in [1.29, 1.82) is 0 Å². The van der Waals surface area contributed by atoms with Crippen LogP contribution in [0.4, 0.5) is 4.39 Å². The van der Waals surface area contributed by atoms with Gasteiger partial charge in [0.1, 0.15) is 16.6 Å². The summed E-state index contributed by atoms with van der Waals surface area (Å²) in [5, 5.41) is 9.35. The Morgan fingerprint density at radius 2 is 2.00 bits per heavy atom. The average Bonchev–Trinajstić information content (AvgIpc) is 2.13. The van der Waals surface area contributed by atoms with Crippen molar-refractivity contribution in [2.24, 2.45) is 11.7 Å². The van der Waals surface area contributed by atoms with Crippen LogP contribution < -0.4 is 5.73 Å². The normalized spacial score (nSPS) is 12.4. The van der Waals surface area contributed by atoms with E-state index in [4.69, 9.17) is 17.3 Å². The second-order valence-electron chi connectivity index (χ2n) is 4.04. The summed E-state index contributed by atoms with van der Waals surface area (Å²) < 4.78 is 13.0. The van der Waals surface area contributed by atoms with Gasteiger partial charge in [-0.2, -0.15) is 0 Å². The minimum atomic E-state index is -0.630. The number of benzene rings is 1. The highest BCUT2D eigenvalue weighted by Gasteiger charge is 2.16. The lowest BCUT2D eigenvalue weighted by molar-refractivity contribution is 0.441. The highest BCUT2D eigenvalue weighted by atomic mass is 35.5. The van der Waals surface area contributed by atoms with Crippen molar-refractivity contribution in [3.05, 3.63) is 28.5 Å². The molecule has 3 N–H and O–H groups in total. The Hall–Kier alpha value is -0.510. The van der Waals surface area contributed by atoms with E-state index < -0.39 is 5.82 Å². The third kappa shape index (κ3) is 3.51. The summed E-state index contributed by atoms with van der Waals surface area (Å²) in [4.78, 5) is 0. The number of halogens is 3. The molecule has 1 rings (SSSR count). The maximum atomic E-state index is 13.0. The topological polar surface area (TPSA) is 46.2 Å². The van der Waals surface area contributed by atoms with Gasteiger partial charge in [0.15, 0.2) is 0 Å². The maximum absolute atomic E-state index is 13.0. The van der Waals surface area contributed by atoms with Crippen molar-refractivity contribution in [2.45, 2.75) is 26.3 Å².